The standard InChI is InChI=1S/C20H26N4O4/c1-3-14-8-10-20(11-9-14)18(27)24(19(28)23-20)12-17(26)22-16-6-4-15(5-7-16)21-13(2)25/h4-7,14H,3,8-12H2,1-2H3,(H,21,25)(H,22,26)(H,23,28). The van der Waals surface area contributed by atoms with Crippen molar-refractivity contribution in [3.8, 4) is 0 Å². The molecule has 0 aromatic heterocycles. The van der Waals surface area contributed by atoms with E-state index < -0.39 is 17.5 Å². The Labute approximate surface area is 164 Å². The number of nitrogens with zero attached hydrogens (tertiary/aromatic N) is 1. The molecule has 1 aliphatic carbocycles. The van der Waals surface area contributed by atoms with E-state index in [1.165, 1.54) is 6.92 Å². The van der Waals surface area contributed by atoms with Crippen LogP contribution in [-0.2, 0) is 14.4 Å². The molecule has 28 heavy (non-hydrogen) atoms. The highest BCUT2D eigenvalue weighted by Gasteiger charge is 2.52. The Morgan fingerprint density at radius 2 is 1.68 bits per heavy atom. The molecule has 8 heteroatoms. The normalized spacial score (nSPS) is 24.2. The molecule has 0 unspecified atom stereocenters. The van der Waals surface area contributed by atoms with Crippen LogP contribution < -0.4 is 16.0 Å². The van der Waals surface area contributed by atoms with Crippen molar-refractivity contribution in [2.75, 3.05) is 17.2 Å². The highest BCUT2D eigenvalue weighted by Crippen LogP contribution is 2.37. The van der Waals surface area contributed by atoms with Crippen molar-refractivity contribution in [1.29, 1.82) is 0 Å². The third-order valence-corrected chi connectivity index (χ3v) is 5.57. The van der Waals surface area contributed by atoms with Crippen LogP contribution in [0.4, 0.5) is 16.2 Å². The SMILES string of the molecule is CCC1CCC2(CC1)NC(=O)N(CC(=O)Nc1ccc(NC(C)=O)cc1)C2=O. The molecule has 2 fully saturated rings. The van der Waals surface area contributed by atoms with E-state index in [9.17, 15) is 19.2 Å². The number of nitrogens with one attached hydrogen (secondary N) is 3. The predicted molar refractivity (Wildman–Crippen MR) is 105 cm³/mol. The van der Waals surface area contributed by atoms with Gasteiger partial charge in [-0.15, -0.1) is 0 Å². The summed E-state index contributed by atoms with van der Waals surface area (Å²) in [5.41, 5.74) is 0.289. The van der Waals surface area contributed by atoms with E-state index in [1.807, 2.05) is 0 Å². The van der Waals surface area contributed by atoms with E-state index in [4.69, 9.17) is 0 Å². The number of hydrogen-bond acceptors (Lipinski definition) is 4. The Balaban J connectivity index is 1.59. The summed E-state index contributed by atoms with van der Waals surface area (Å²) in [6.45, 7) is 3.23. The summed E-state index contributed by atoms with van der Waals surface area (Å²) >= 11 is 0. The van der Waals surface area contributed by atoms with Gasteiger partial charge >= 0.3 is 6.03 Å². The average Bonchev–Trinajstić information content (AvgIpc) is 2.88. The highest BCUT2D eigenvalue weighted by molar-refractivity contribution is 6.10. The molecule has 2 aliphatic rings. The molecule has 5 amide bonds. The Morgan fingerprint density at radius 1 is 1.11 bits per heavy atom. The van der Waals surface area contributed by atoms with E-state index >= 15 is 0 Å². The lowest BCUT2D eigenvalue weighted by Crippen LogP contribution is -2.49. The fraction of sp³-hybridized carbons (Fsp3) is 0.500. The van der Waals surface area contributed by atoms with Crippen LogP contribution in [0.25, 0.3) is 0 Å². The second-order valence-corrected chi connectivity index (χ2v) is 7.56. The van der Waals surface area contributed by atoms with Crippen molar-refractivity contribution in [2.24, 2.45) is 5.92 Å². The molecule has 1 aromatic carbocycles. The number of amides is 5. The van der Waals surface area contributed by atoms with Gasteiger partial charge in [-0.05, 0) is 55.9 Å². The summed E-state index contributed by atoms with van der Waals surface area (Å²) in [5, 5.41) is 8.14. The first-order valence-corrected chi connectivity index (χ1v) is 9.64. The van der Waals surface area contributed by atoms with Gasteiger partial charge in [0.15, 0.2) is 0 Å². The van der Waals surface area contributed by atoms with Crippen molar-refractivity contribution >= 4 is 35.1 Å². The van der Waals surface area contributed by atoms with Gasteiger partial charge < -0.3 is 16.0 Å². The van der Waals surface area contributed by atoms with Gasteiger partial charge in [0.25, 0.3) is 5.91 Å². The minimum atomic E-state index is -0.844. The maximum Gasteiger partial charge on any atom is 0.325 e. The number of anilines is 2. The summed E-state index contributed by atoms with van der Waals surface area (Å²) in [5.74, 6) is -0.344. The molecule has 0 bridgehead atoms. The van der Waals surface area contributed by atoms with Crippen LogP contribution in [0.3, 0.4) is 0 Å². The monoisotopic (exact) mass is 386 g/mol. The molecular formula is C20H26N4O4. The van der Waals surface area contributed by atoms with E-state index in [0.29, 0.717) is 30.1 Å². The number of carbonyl (C=O) groups is 4. The van der Waals surface area contributed by atoms with Crippen LogP contribution in [-0.4, -0.2) is 40.7 Å². The molecule has 1 saturated carbocycles. The lowest BCUT2D eigenvalue weighted by atomic mass is 9.75. The number of carbonyl (C=O) groups excluding carboxylic acids is 4. The van der Waals surface area contributed by atoms with Crippen molar-refractivity contribution in [3.63, 3.8) is 0 Å². The topological polar surface area (TPSA) is 108 Å². The summed E-state index contributed by atoms with van der Waals surface area (Å²) in [6.07, 6.45) is 4.13. The Bertz CT molecular complexity index is 782. The van der Waals surface area contributed by atoms with Crippen molar-refractivity contribution in [1.82, 2.24) is 10.2 Å². The van der Waals surface area contributed by atoms with Crippen LogP contribution in [0.1, 0.15) is 46.0 Å². The second kappa shape index (κ2) is 8.00. The molecule has 3 rings (SSSR count). The summed E-state index contributed by atoms with van der Waals surface area (Å²) in [6, 6.07) is 6.10. The molecule has 3 N–H and O–H groups in total. The zero-order chi connectivity index (χ0) is 20.3. The fourth-order valence-corrected chi connectivity index (χ4v) is 3.92. The third kappa shape index (κ3) is 4.16. The van der Waals surface area contributed by atoms with Gasteiger partial charge in [-0.1, -0.05) is 13.3 Å². The molecule has 0 radical (unpaired) electrons. The average molecular weight is 386 g/mol. The molecule has 1 spiro atoms. The first-order valence-electron chi connectivity index (χ1n) is 9.64. The second-order valence-electron chi connectivity index (χ2n) is 7.56. The lowest BCUT2D eigenvalue weighted by Gasteiger charge is -2.34. The van der Waals surface area contributed by atoms with Gasteiger partial charge in [-0.3, -0.25) is 19.3 Å². The maximum absolute atomic E-state index is 12.8. The Kier molecular flexibility index (Phi) is 5.67. The Hall–Kier alpha value is -2.90. The molecule has 1 aliphatic heterocycles. The molecular weight excluding hydrogens is 360 g/mol. The zero-order valence-corrected chi connectivity index (χ0v) is 16.2. The molecule has 0 atom stereocenters. The summed E-state index contributed by atoms with van der Waals surface area (Å²) < 4.78 is 0. The van der Waals surface area contributed by atoms with Crippen LogP contribution in [0.15, 0.2) is 24.3 Å². The minimum Gasteiger partial charge on any atom is -0.326 e. The van der Waals surface area contributed by atoms with Gasteiger partial charge in [0.1, 0.15) is 12.1 Å². The van der Waals surface area contributed by atoms with E-state index in [0.717, 1.165) is 24.2 Å². The summed E-state index contributed by atoms with van der Waals surface area (Å²) in [4.78, 5) is 49.5. The van der Waals surface area contributed by atoms with Crippen molar-refractivity contribution < 1.29 is 19.2 Å². The lowest BCUT2D eigenvalue weighted by molar-refractivity contribution is -0.135. The largest absolute Gasteiger partial charge is 0.326 e. The van der Waals surface area contributed by atoms with Crippen molar-refractivity contribution in [3.05, 3.63) is 24.3 Å². The Morgan fingerprint density at radius 3 is 2.21 bits per heavy atom. The zero-order valence-electron chi connectivity index (χ0n) is 16.2. The number of rotatable bonds is 5. The van der Waals surface area contributed by atoms with Gasteiger partial charge in [0.2, 0.25) is 11.8 Å². The molecule has 1 heterocycles. The van der Waals surface area contributed by atoms with Gasteiger partial charge in [-0.25, -0.2) is 4.79 Å². The molecule has 150 valence electrons. The number of urea groups is 1. The highest BCUT2D eigenvalue weighted by atomic mass is 16.2. The van der Waals surface area contributed by atoms with E-state index in [1.54, 1.807) is 24.3 Å². The molecule has 8 nitrogen and oxygen atoms in total. The smallest absolute Gasteiger partial charge is 0.325 e. The van der Waals surface area contributed by atoms with Crippen molar-refractivity contribution in [2.45, 2.75) is 51.5 Å². The number of imide groups is 1. The predicted octanol–water partition coefficient (Wildman–Crippen LogP) is 2.47. The molecule has 1 aromatic rings. The fourth-order valence-electron chi connectivity index (χ4n) is 3.92. The van der Waals surface area contributed by atoms with Crippen LogP contribution in [0.2, 0.25) is 0 Å². The van der Waals surface area contributed by atoms with Gasteiger partial charge in [0.05, 0.1) is 0 Å². The first kappa shape index (κ1) is 19.9. The van der Waals surface area contributed by atoms with E-state index in [-0.39, 0.29) is 18.4 Å². The number of benzene rings is 1. The maximum atomic E-state index is 12.8. The first-order chi connectivity index (χ1) is 13.3. The van der Waals surface area contributed by atoms with Crippen LogP contribution in [0.5, 0.6) is 0 Å². The minimum absolute atomic E-state index is 0.183. The van der Waals surface area contributed by atoms with E-state index in [2.05, 4.69) is 22.9 Å². The summed E-state index contributed by atoms with van der Waals surface area (Å²) in [7, 11) is 0. The van der Waals surface area contributed by atoms with Gasteiger partial charge in [0, 0.05) is 18.3 Å². The third-order valence-electron chi connectivity index (χ3n) is 5.57. The quantitative estimate of drug-likeness (QED) is 0.676. The van der Waals surface area contributed by atoms with Gasteiger partial charge in [-0.2, -0.15) is 0 Å². The van der Waals surface area contributed by atoms with Crippen LogP contribution in [0, 0.1) is 5.92 Å². The number of hydrogen-bond donors (Lipinski definition) is 3. The molecule has 1 saturated heterocycles. The van der Waals surface area contributed by atoms with Crippen LogP contribution >= 0.6 is 0 Å².